The molecule has 0 radical (unpaired) electrons. The molecule has 0 N–H and O–H groups in total. The molecule has 5 nitrogen and oxygen atoms in total. The van der Waals surface area contributed by atoms with Crippen LogP contribution in [-0.4, -0.2) is 26.2 Å². The number of aliphatic imine (C=N–C) groups is 1. The Hall–Kier alpha value is -3.99. The van der Waals surface area contributed by atoms with E-state index in [-0.39, 0.29) is 5.41 Å². The molecular weight excluding hydrogens is 436 g/mol. The summed E-state index contributed by atoms with van der Waals surface area (Å²) >= 11 is 0. The number of rotatable bonds is 4. The quantitative estimate of drug-likeness (QED) is 0.339. The number of hydrogen-bond acceptors (Lipinski definition) is 5. The van der Waals surface area contributed by atoms with E-state index in [0.717, 1.165) is 45.0 Å². The number of ether oxygens (including phenoxy) is 3. The molecule has 2 heterocycles. The molecule has 2 aliphatic rings. The maximum Gasteiger partial charge on any atom is 0.229 e. The monoisotopic (exact) mass is 464 g/mol. The number of methoxy groups -OCH3 is 2. The Kier molecular flexibility index (Phi) is 4.78. The maximum absolute atomic E-state index is 7.00. The van der Waals surface area contributed by atoms with Gasteiger partial charge in [0.15, 0.2) is 0 Å². The molecule has 35 heavy (non-hydrogen) atoms. The lowest BCUT2D eigenvalue weighted by Crippen LogP contribution is -2.61. The largest absolute Gasteiger partial charge is 0.497 e. The van der Waals surface area contributed by atoms with Gasteiger partial charge in [-0.2, -0.15) is 0 Å². The molecule has 2 aliphatic heterocycles. The molecular formula is C30H28N2O3. The summed E-state index contributed by atoms with van der Waals surface area (Å²) in [4.78, 5) is 7.37. The molecule has 5 heteroatoms. The summed E-state index contributed by atoms with van der Waals surface area (Å²) in [5, 5.41) is 2.24. The highest BCUT2D eigenvalue weighted by Crippen LogP contribution is 2.55. The number of anilines is 1. The molecule has 0 saturated heterocycles. The predicted molar refractivity (Wildman–Crippen MR) is 141 cm³/mol. The van der Waals surface area contributed by atoms with Crippen LogP contribution >= 0.6 is 0 Å². The lowest BCUT2D eigenvalue weighted by Gasteiger charge is -2.46. The van der Waals surface area contributed by atoms with Crippen molar-refractivity contribution in [3.05, 3.63) is 90.0 Å². The lowest BCUT2D eigenvalue weighted by atomic mass is 9.77. The lowest BCUT2D eigenvalue weighted by molar-refractivity contribution is 0.0764. The van der Waals surface area contributed by atoms with Gasteiger partial charge in [-0.15, -0.1) is 0 Å². The molecule has 0 aliphatic carbocycles. The van der Waals surface area contributed by atoms with E-state index in [2.05, 4.69) is 61.2 Å². The number of nitrogens with zero attached hydrogens (tertiary/aromatic N) is 2. The van der Waals surface area contributed by atoms with E-state index in [9.17, 15) is 0 Å². The fourth-order valence-corrected chi connectivity index (χ4v) is 5.50. The average Bonchev–Trinajstić information content (AvgIpc) is 3.06. The summed E-state index contributed by atoms with van der Waals surface area (Å²) in [6.45, 7) is 5.06. The third-order valence-electron chi connectivity index (χ3n) is 7.41. The van der Waals surface area contributed by atoms with E-state index in [0.29, 0.717) is 6.54 Å². The minimum absolute atomic E-state index is 0.362. The van der Waals surface area contributed by atoms with Crippen molar-refractivity contribution in [3.63, 3.8) is 0 Å². The van der Waals surface area contributed by atoms with Crippen LogP contribution < -0.4 is 19.1 Å². The normalized spacial score (nSPS) is 19.4. The second-order valence-electron chi connectivity index (χ2n) is 9.64. The Morgan fingerprint density at radius 2 is 1.57 bits per heavy atom. The SMILES string of the molecule is COc1cc(CN2c3ccccc3C(C)(C)C23C=Nc2c(ccc4ccccc24)O3)cc(OC)c1. The molecule has 4 aromatic rings. The molecule has 1 spiro atoms. The van der Waals surface area contributed by atoms with Crippen molar-refractivity contribution >= 4 is 28.4 Å². The molecule has 1 atom stereocenters. The van der Waals surface area contributed by atoms with Crippen molar-refractivity contribution in [1.29, 1.82) is 0 Å². The number of fused-ring (bicyclic) bond motifs is 4. The van der Waals surface area contributed by atoms with Gasteiger partial charge in [0.25, 0.3) is 0 Å². The second-order valence-corrected chi connectivity index (χ2v) is 9.64. The van der Waals surface area contributed by atoms with Gasteiger partial charge in [0, 0.05) is 23.7 Å². The van der Waals surface area contributed by atoms with Crippen LogP contribution in [0, 0.1) is 0 Å². The zero-order valence-electron chi connectivity index (χ0n) is 20.4. The van der Waals surface area contributed by atoms with Crippen LogP contribution in [0.1, 0.15) is 25.0 Å². The van der Waals surface area contributed by atoms with Gasteiger partial charge < -0.3 is 19.1 Å². The van der Waals surface area contributed by atoms with Gasteiger partial charge in [-0.1, -0.05) is 48.5 Å². The van der Waals surface area contributed by atoms with E-state index in [1.165, 1.54) is 5.56 Å². The van der Waals surface area contributed by atoms with E-state index in [4.69, 9.17) is 19.2 Å². The fourth-order valence-electron chi connectivity index (χ4n) is 5.50. The minimum atomic E-state index is -0.803. The summed E-state index contributed by atoms with van der Waals surface area (Å²) in [6, 6.07) is 26.9. The first-order valence-electron chi connectivity index (χ1n) is 11.8. The topological polar surface area (TPSA) is 43.3 Å². The maximum atomic E-state index is 7.00. The Morgan fingerprint density at radius 1 is 0.857 bits per heavy atom. The number of hydrogen-bond donors (Lipinski definition) is 0. The van der Waals surface area contributed by atoms with Crippen LogP contribution in [0.25, 0.3) is 10.8 Å². The van der Waals surface area contributed by atoms with Crippen molar-refractivity contribution < 1.29 is 14.2 Å². The van der Waals surface area contributed by atoms with E-state index in [1.54, 1.807) is 14.2 Å². The summed E-state index contributed by atoms with van der Waals surface area (Å²) in [5.41, 5.74) is 3.14. The third kappa shape index (κ3) is 3.11. The highest BCUT2D eigenvalue weighted by atomic mass is 16.5. The van der Waals surface area contributed by atoms with Crippen molar-refractivity contribution in [3.8, 4) is 17.2 Å². The Bertz CT molecular complexity index is 1450. The predicted octanol–water partition coefficient (Wildman–Crippen LogP) is 6.65. The summed E-state index contributed by atoms with van der Waals surface area (Å²) in [5.74, 6) is 2.31. The zero-order chi connectivity index (χ0) is 24.2. The van der Waals surface area contributed by atoms with E-state index < -0.39 is 5.72 Å². The van der Waals surface area contributed by atoms with Crippen LogP contribution in [0.4, 0.5) is 11.4 Å². The summed E-state index contributed by atoms with van der Waals surface area (Å²) < 4.78 is 18.1. The molecule has 0 bridgehead atoms. The first-order chi connectivity index (χ1) is 17.0. The smallest absolute Gasteiger partial charge is 0.229 e. The van der Waals surface area contributed by atoms with Crippen LogP contribution in [0.5, 0.6) is 17.2 Å². The van der Waals surface area contributed by atoms with Gasteiger partial charge in [-0.05, 0) is 54.6 Å². The van der Waals surface area contributed by atoms with Gasteiger partial charge in [0.2, 0.25) is 5.72 Å². The highest BCUT2D eigenvalue weighted by molar-refractivity contribution is 5.99. The first kappa shape index (κ1) is 21.5. The van der Waals surface area contributed by atoms with E-state index >= 15 is 0 Å². The minimum Gasteiger partial charge on any atom is -0.497 e. The third-order valence-corrected chi connectivity index (χ3v) is 7.41. The van der Waals surface area contributed by atoms with Gasteiger partial charge in [0.1, 0.15) is 22.9 Å². The molecule has 4 aromatic carbocycles. The highest BCUT2D eigenvalue weighted by Gasteiger charge is 2.59. The molecule has 0 saturated carbocycles. The van der Waals surface area contributed by atoms with Gasteiger partial charge in [0.05, 0.1) is 25.8 Å². The summed E-state index contributed by atoms with van der Waals surface area (Å²) in [6.07, 6.45) is 2.00. The average molecular weight is 465 g/mol. The molecule has 176 valence electrons. The zero-order valence-corrected chi connectivity index (χ0v) is 20.4. The molecule has 0 aromatic heterocycles. The summed E-state index contributed by atoms with van der Waals surface area (Å²) in [7, 11) is 3.35. The standard InChI is InChI=1S/C30H28N2O3/c1-29(2)25-11-7-8-12-26(25)32(18-20-15-22(33-3)17-23(16-20)34-4)30(29)19-31-28-24-10-6-5-9-21(24)13-14-27(28)35-30/h5-17,19H,18H2,1-4H3. The van der Waals surface area contributed by atoms with Gasteiger partial charge >= 0.3 is 0 Å². The van der Waals surface area contributed by atoms with Crippen molar-refractivity contribution in [2.45, 2.75) is 31.5 Å². The first-order valence-corrected chi connectivity index (χ1v) is 11.8. The second kappa shape index (κ2) is 7.77. The molecule has 6 rings (SSSR count). The molecule has 0 amide bonds. The van der Waals surface area contributed by atoms with Crippen molar-refractivity contribution in [2.24, 2.45) is 4.99 Å². The Balaban J connectivity index is 1.51. The van der Waals surface area contributed by atoms with Gasteiger partial charge in [-0.3, -0.25) is 4.99 Å². The van der Waals surface area contributed by atoms with Crippen LogP contribution in [0.15, 0.2) is 83.9 Å². The van der Waals surface area contributed by atoms with Crippen LogP contribution in [-0.2, 0) is 12.0 Å². The number of para-hydroxylation sites is 1. The fraction of sp³-hybridized carbons (Fsp3) is 0.233. The van der Waals surface area contributed by atoms with Crippen LogP contribution in [0.2, 0.25) is 0 Å². The van der Waals surface area contributed by atoms with Crippen LogP contribution in [0.3, 0.4) is 0 Å². The Morgan fingerprint density at radius 3 is 2.34 bits per heavy atom. The van der Waals surface area contributed by atoms with Crippen molar-refractivity contribution in [2.75, 3.05) is 19.1 Å². The Labute approximate surface area is 205 Å². The van der Waals surface area contributed by atoms with E-state index in [1.807, 2.05) is 42.6 Å². The molecule has 1 unspecified atom stereocenters. The number of benzene rings is 4. The molecule has 0 fully saturated rings. The van der Waals surface area contributed by atoms with Gasteiger partial charge in [-0.25, -0.2) is 0 Å². The van der Waals surface area contributed by atoms with Crippen molar-refractivity contribution in [1.82, 2.24) is 0 Å².